The van der Waals surface area contributed by atoms with E-state index in [0.29, 0.717) is 11.7 Å². The predicted octanol–water partition coefficient (Wildman–Crippen LogP) is 2.88. The Morgan fingerprint density at radius 3 is 3.00 bits per heavy atom. The lowest BCUT2D eigenvalue weighted by Gasteiger charge is -2.11. The molecule has 5 heteroatoms. The molecule has 1 aromatic carbocycles. The summed E-state index contributed by atoms with van der Waals surface area (Å²) in [6.45, 7) is 3.46. The van der Waals surface area contributed by atoms with Crippen molar-refractivity contribution in [3.05, 3.63) is 33.9 Å². The Morgan fingerprint density at radius 1 is 1.56 bits per heavy atom. The first-order valence-electron chi connectivity index (χ1n) is 6.27. The molecule has 1 heterocycles. The fraction of sp³-hybridized carbons (Fsp3) is 0.538. The van der Waals surface area contributed by atoms with E-state index < -0.39 is 0 Å². The van der Waals surface area contributed by atoms with Crippen LogP contribution in [-0.4, -0.2) is 24.2 Å². The van der Waals surface area contributed by atoms with Gasteiger partial charge in [-0.2, -0.15) is 0 Å². The summed E-state index contributed by atoms with van der Waals surface area (Å²) in [6.07, 6.45) is 3.65. The standard InChI is InChI=1S/C13H18N2O3/c1-10-9-11(4-5-13(10)15(16)17)14-7-6-12-3-2-8-18-12/h4-5,9,12,14H,2-3,6-8H2,1H3. The number of nitrogens with one attached hydrogen (secondary N) is 1. The molecule has 1 atom stereocenters. The van der Waals surface area contributed by atoms with Crippen molar-refractivity contribution in [1.29, 1.82) is 0 Å². The largest absolute Gasteiger partial charge is 0.385 e. The first-order valence-corrected chi connectivity index (χ1v) is 6.27. The Bertz CT molecular complexity index is 428. The maximum Gasteiger partial charge on any atom is 0.272 e. The molecule has 0 bridgehead atoms. The average molecular weight is 250 g/mol. The van der Waals surface area contributed by atoms with E-state index in [9.17, 15) is 10.1 Å². The minimum Gasteiger partial charge on any atom is -0.385 e. The second-order valence-electron chi connectivity index (χ2n) is 4.61. The van der Waals surface area contributed by atoms with Gasteiger partial charge in [-0.25, -0.2) is 0 Å². The molecule has 0 spiro atoms. The number of ether oxygens (including phenoxy) is 1. The summed E-state index contributed by atoms with van der Waals surface area (Å²) in [4.78, 5) is 10.3. The van der Waals surface area contributed by atoms with Crippen molar-refractivity contribution in [2.45, 2.75) is 32.3 Å². The van der Waals surface area contributed by atoms with Gasteiger partial charge >= 0.3 is 0 Å². The van der Waals surface area contributed by atoms with Crippen molar-refractivity contribution in [3.8, 4) is 0 Å². The second-order valence-corrected chi connectivity index (χ2v) is 4.61. The Kier molecular flexibility index (Phi) is 4.15. The molecule has 1 N–H and O–H groups in total. The van der Waals surface area contributed by atoms with Crippen LogP contribution in [-0.2, 0) is 4.74 Å². The van der Waals surface area contributed by atoms with Crippen molar-refractivity contribution in [2.75, 3.05) is 18.5 Å². The molecule has 2 rings (SSSR count). The van der Waals surface area contributed by atoms with Crippen molar-refractivity contribution in [3.63, 3.8) is 0 Å². The van der Waals surface area contributed by atoms with Crippen LogP contribution in [0, 0.1) is 17.0 Å². The van der Waals surface area contributed by atoms with Crippen molar-refractivity contribution >= 4 is 11.4 Å². The lowest BCUT2D eigenvalue weighted by Crippen LogP contribution is -2.12. The number of nitro benzene ring substituents is 1. The molecule has 1 aliphatic heterocycles. The van der Waals surface area contributed by atoms with Crippen LogP contribution in [0.5, 0.6) is 0 Å². The van der Waals surface area contributed by atoms with Crippen molar-refractivity contribution in [2.24, 2.45) is 0 Å². The zero-order chi connectivity index (χ0) is 13.0. The number of nitrogens with zero attached hydrogens (tertiary/aromatic N) is 1. The van der Waals surface area contributed by atoms with Gasteiger partial charge < -0.3 is 10.1 Å². The smallest absolute Gasteiger partial charge is 0.272 e. The molecule has 98 valence electrons. The number of rotatable bonds is 5. The third-order valence-electron chi connectivity index (χ3n) is 3.21. The molecular weight excluding hydrogens is 232 g/mol. The predicted molar refractivity (Wildman–Crippen MR) is 69.9 cm³/mol. The third kappa shape index (κ3) is 3.20. The Balaban J connectivity index is 1.85. The van der Waals surface area contributed by atoms with Gasteiger partial charge in [-0.15, -0.1) is 0 Å². The molecule has 0 aromatic heterocycles. The maximum absolute atomic E-state index is 10.7. The fourth-order valence-corrected chi connectivity index (χ4v) is 2.22. The monoisotopic (exact) mass is 250 g/mol. The number of hydrogen-bond acceptors (Lipinski definition) is 4. The van der Waals surface area contributed by atoms with E-state index in [2.05, 4.69) is 5.32 Å². The molecule has 0 amide bonds. The van der Waals surface area contributed by atoms with Gasteiger partial charge in [0.1, 0.15) is 0 Å². The molecule has 5 nitrogen and oxygen atoms in total. The van der Waals surface area contributed by atoms with E-state index in [1.165, 1.54) is 0 Å². The Hall–Kier alpha value is -1.62. The summed E-state index contributed by atoms with van der Waals surface area (Å²) in [5, 5.41) is 14.0. The zero-order valence-corrected chi connectivity index (χ0v) is 10.5. The number of benzene rings is 1. The second kappa shape index (κ2) is 5.82. The maximum atomic E-state index is 10.7. The van der Waals surface area contributed by atoms with Gasteiger partial charge in [-0.1, -0.05) is 0 Å². The normalized spacial score (nSPS) is 18.8. The molecule has 1 aromatic rings. The number of anilines is 1. The highest BCUT2D eigenvalue weighted by atomic mass is 16.6. The van der Waals surface area contributed by atoms with Crippen LogP contribution in [0.3, 0.4) is 0 Å². The number of aryl methyl sites for hydroxylation is 1. The van der Waals surface area contributed by atoms with Crippen molar-refractivity contribution in [1.82, 2.24) is 0 Å². The quantitative estimate of drug-likeness (QED) is 0.644. The molecule has 0 saturated carbocycles. The Labute approximate surface area is 106 Å². The van der Waals surface area contributed by atoms with Crippen LogP contribution >= 0.6 is 0 Å². The van der Waals surface area contributed by atoms with E-state index in [0.717, 1.165) is 38.1 Å². The highest BCUT2D eigenvalue weighted by molar-refractivity contribution is 5.53. The van der Waals surface area contributed by atoms with Gasteiger partial charge in [-0.05, 0) is 38.3 Å². The number of hydrogen-bond donors (Lipinski definition) is 1. The van der Waals surface area contributed by atoms with Gasteiger partial charge in [0, 0.05) is 30.5 Å². The van der Waals surface area contributed by atoms with Crippen LogP contribution in [0.25, 0.3) is 0 Å². The first-order chi connectivity index (χ1) is 8.66. The van der Waals surface area contributed by atoms with Gasteiger partial charge in [0.15, 0.2) is 0 Å². The van der Waals surface area contributed by atoms with Crippen LogP contribution in [0.15, 0.2) is 18.2 Å². The van der Waals surface area contributed by atoms with Crippen LogP contribution < -0.4 is 5.32 Å². The van der Waals surface area contributed by atoms with Gasteiger partial charge in [0.2, 0.25) is 0 Å². The third-order valence-corrected chi connectivity index (χ3v) is 3.21. The molecule has 1 saturated heterocycles. The first kappa shape index (κ1) is 12.8. The van der Waals surface area contributed by atoms with E-state index >= 15 is 0 Å². The van der Waals surface area contributed by atoms with Crippen molar-refractivity contribution < 1.29 is 9.66 Å². The lowest BCUT2D eigenvalue weighted by molar-refractivity contribution is -0.385. The molecule has 0 radical (unpaired) electrons. The highest BCUT2D eigenvalue weighted by Crippen LogP contribution is 2.22. The lowest BCUT2D eigenvalue weighted by atomic mass is 10.1. The summed E-state index contributed by atoms with van der Waals surface area (Å²) in [6, 6.07) is 5.11. The van der Waals surface area contributed by atoms with Gasteiger partial charge in [-0.3, -0.25) is 10.1 Å². The molecular formula is C13H18N2O3. The minimum absolute atomic E-state index is 0.166. The molecule has 1 unspecified atom stereocenters. The van der Waals surface area contributed by atoms with E-state index in [4.69, 9.17) is 4.74 Å². The summed E-state index contributed by atoms with van der Waals surface area (Å²) >= 11 is 0. The van der Waals surface area contributed by atoms with E-state index in [1.807, 2.05) is 6.07 Å². The molecule has 1 aliphatic rings. The number of nitro groups is 1. The highest BCUT2D eigenvalue weighted by Gasteiger charge is 2.15. The Morgan fingerprint density at radius 2 is 2.39 bits per heavy atom. The molecule has 18 heavy (non-hydrogen) atoms. The molecule has 1 fully saturated rings. The summed E-state index contributed by atoms with van der Waals surface area (Å²) in [5.41, 5.74) is 1.78. The van der Waals surface area contributed by atoms with Crippen LogP contribution in [0.4, 0.5) is 11.4 Å². The topological polar surface area (TPSA) is 64.4 Å². The van der Waals surface area contributed by atoms with E-state index in [-0.39, 0.29) is 10.6 Å². The average Bonchev–Trinajstić information content (AvgIpc) is 2.81. The summed E-state index contributed by atoms with van der Waals surface area (Å²) < 4.78 is 5.54. The summed E-state index contributed by atoms with van der Waals surface area (Å²) in [7, 11) is 0. The zero-order valence-electron chi connectivity index (χ0n) is 10.5. The van der Waals surface area contributed by atoms with Crippen LogP contribution in [0.2, 0.25) is 0 Å². The van der Waals surface area contributed by atoms with Crippen LogP contribution in [0.1, 0.15) is 24.8 Å². The van der Waals surface area contributed by atoms with Gasteiger partial charge in [0.25, 0.3) is 5.69 Å². The van der Waals surface area contributed by atoms with Gasteiger partial charge in [0.05, 0.1) is 11.0 Å². The summed E-state index contributed by atoms with van der Waals surface area (Å²) in [5.74, 6) is 0. The minimum atomic E-state index is -0.356. The molecule has 0 aliphatic carbocycles. The fourth-order valence-electron chi connectivity index (χ4n) is 2.22. The SMILES string of the molecule is Cc1cc(NCCC2CCCO2)ccc1[N+](=O)[O-]. The van der Waals surface area contributed by atoms with E-state index in [1.54, 1.807) is 19.1 Å².